The van der Waals surface area contributed by atoms with Crippen molar-refractivity contribution in [3.05, 3.63) is 46.7 Å². The minimum Gasteiger partial charge on any atom is -0.381 e. The molecule has 1 atom stereocenters. The van der Waals surface area contributed by atoms with Crippen molar-refractivity contribution in [2.75, 3.05) is 13.2 Å². The van der Waals surface area contributed by atoms with Crippen LogP contribution >= 0.6 is 11.3 Å². The van der Waals surface area contributed by atoms with Crippen LogP contribution in [0.2, 0.25) is 0 Å². The molecule has 1 aliphatic heterocycles. The van der Waals surface area contributed by atoms with Gasteiger partial charge in [-0.1, -0.05) is 41.7 Å². The molecule has 102 valence electrons. The fourth-order valence-electron chi connectivity index (χ4n) is 2.46. The highest BCUT2D eigenvalue weighted by molar-refractivity contribution is 7.16. The minimum absolute atomic E-state index is 0.422. The van der Waals surface area contributed by atoms with Crippen molar-refractivity contribution >= 4 is 16.3 Å². The van der Waals surface area contributed by atoms with Crippen molar-refractivity contribution < 1.29 is 4.74 Å². The number of nitrogens with zero attached hydrogens (tertiary/aromatic N) is 4. The van der Waals surface area contributed by atoms with E-state index in [1.165, 1.54) is 5.56 Å². The molecule has 1 saturated heterocycles. The summed E-state index contributed by atoms with van der Waals surface area (Å²) in [4.78, 5) is 0.873. The predicted molar refractivity (Wildman–Crippen MR) is 76.1 cm³/mol. The van der Waals surface area contributed by atoms with E-state index in [-0.39, 0.29) is 0 Å². The van der Waals surface area contributed by atoms with E-state index in [9.17, 15) is 0 Å². The molecule has 0 radical (unpaired) electrons. The zero-order valence-electron chi connectivity index (χ0n) is 10.9. The quantitative estimate of drug-likeness (QED) is 0.741. The van der Waals surface area contributed by atoms with Crippen molar-refractivity contribution in [3.63, 3.8) is 0 Å². The lowest BCUT2D eigenvalue weighted by Crippen LogP contribution is -2.01. The number of benzene rings is 1. The Hall–Kier alpha value is -1.79. The summed E-state index contributed by atoms with van der Waals surface area (Å²) in [6.45, 7) is 1.61. The maximum absolute atomic E-state index is 5.43. The average Bonchev–Trinajstić information content (AvgIpc) is 3.17. The molecule has 1 fully saturated rings. The van der Waals surface area contributed by atoms with Gasteiger partial charge in [-0.3, -0.25) is 0 Å². The van der Waals surface area contributed by atoms with E-state index >= 15 is 0 Å². The smallest absolute Gasteiger partial charge is 0.234 e. The first-order valence-corrected chi connectivity index (χ1v) is 7.54. The van der Waals surface area contributed by atoms with Gasteiger partial charge in [0.05, 0.1) is 6.61 Å². The zero-order valence-corrected chi connectivity index (χ0v) is 11.7. The SMILES string of the molecule is c1ccc(Cc2nnc3sc([C@@H]4CCOC4)nn23)cc1. The second-order valence-electron chi connectivity index (χ2n) is 4.97. The van der Waals surface area contributed by atoms with Gasteiger partial charge in [0.25, 0.3) is 0 Å². The van der Waals surface area contributed by atoms with Crippen molar-refractivity contribution in [3.8, 4) is 0 Å². The molecule has 5 nitrogen and oxygen atoms in total. The minimum atomic E-state index is 0.422. The number of rotatable bonds is 3. The Labute approximate surface area is 120 Å². The molecule has 20 heavy (non-hydrogen) atoms. The summed E-state index contributed by atoms with van der Waals surface area (Å²) in [7, 11) is 0. The normalized spacial score (nSPS) is 18.9. The van der Waals surface area contributed by atoms with E-state index in [2.05, 4.69) is 27.4 Å². The third-order valence-electron chi connectivity index (χ3n) is 3.56. The predicted octanol–water partition coefficient (Wildman–Crippen LogP) is 2.28. The Morgan fingerprint density at radius 1 is 1.25 bits per heavy atom. The summed E-state index contributed by atoms with van der Waals surface area (Å²) >= 11 is 1.62. The summed E-state index contributed by atoms with van der Waals surface area (Å²) in [6.07, 6.45) is 1.81. The van der Waals surface area contributed by atoms with Crippen molar-refractivity contribution in [1.29, 1.82) is 0 Å². The van der Waals surface area contributed by atoms with Crippen molar-refractivity contribution in [2.24, 2.45) is 0 Å². The summed E-state index contributed by atoms with van der Waals surface area (Å²) in [5.74, 6) is 1.32. The Morgan fingerprint density at radius 3 is 2.95 bits per heavy atom. The molecule has 0 bridgehead atoms. The van der Waals surface area contributed by atoms with Crippen LogP contribution in [-0.2, 0) is 11.2 Å². The van der Waals surface area contributed by atoms with Gasteiger partial charge >= 0.3 is 0 Å². The topological polar surface area (TPSA) is 52.3 Å². The van der Waals surface area contributed by atoms with Crippen LogP contribution in [0.1, 0.15) is 28.7 Å². The van der Waals surface area contributed by atoms with Crippen LogP contribution in [-0.4, -0.2) is 33.0 Å². The van der Waals surface area contributed by atoms with E-state index in [0.29, 0.717) is 5.92 Å². The van der Waals surface area contributed by atoms with Gasteiger partial charge in [0.2, 0.25) is 4.96 Å². The van der Waals surface area contributed by atoms with E-state index in [0.717, 1.165) is 41.8 Å². The summed E-state index contributed by atoms with van der Waals surface area (Å²) in [5, 5.41) is 14.3. The molecule has 0 amide bonds. The van der Waals surface area contributed by atoms with E-state index in [1.807, 2.05) is 22.7 Å². The lowest BCUT2D eigenvalue weighted by atomic mass is 10.1. The molecule has 0 N–H and O–H groups in total. The van der Waals surface area contributed by atoms with Gasteiger partial charge in [-0.05, 0) is 12.0 Å². The first-order chi connectivity index (χ1) is 9.90. The molecule has 4 rings (SSSR count). The number of aromatic nitrogens is 4. The lowest BCUT2D eigenvalue weighted by molar-refractivity contribution is 0.193. The zero-order chi connectivity index (χ0) is 13.4. The van der Waals surface area contributed by atoms with Gasteiger partial charge in [-0.15, -0.1) is 10.2 Å². The number of hydrogen-bond acceptors (Lipinski definition) is 5. The van der Waals surface area contributed by atoms with Gasteiger partial charge in [-0.25, -0.2) is 0 Å². The molecule has 6 heteroatoms. The molecule has 2 aromatic heterocycles. The summed E-state index contributed by atoms with van der Waals surface area (Å²) < 4.78 is 7.31. The standard InChI is InChI=1S/C14H14N4OS/c1-2-4-10(5-3-1)8-12-15-16-14-18(12)17-13(20-14)11-6-7-19-9-11/h1-5,11H,6-9H2/t11-/m1/s1. The second-order valence-corrected chi connectivity index (χ2v) is 5.96. The maximum atomic E-state index is 5.43. The van der Waals surface area contributed by atoms with Crippen LogP contribution in [0.15, 0.2) is 30.3 Å². The summed E-state index contributed by atoms with van der Waals surface area (Å²) in [6, 6.07) is 10.3. The van der Waals surface area contributed by atoms with Gasteiger partial charge in [0, 0.05) is 18.9 Å². The third-order valence-corrected chi connectivity index (χ3v) is 4.62. The highest BCUT2D eigenvalue weighted by Crippen LogP contribution is 2.29. The van der Waals surface area contributed by atoms with Crippen LogP contribution in [0.4, 0.5) is 0 Å². The highest BCUT2D eigenvalue weighted by atomic mass is 32.1. The van der Waals surface area contributed by atoms with E-state index in [1.54, 1.807) is 11.3 Å². The number of hydrogen-bond donors (Lipinski definition) is 0. The van der Waals surface area contributed by atoms with Gasteiger partial charge in [0.15, 0.2) is 5.82 Å². The molecule has 3 aromatic rings. The molecular weight excluding hydrogens is 272 g/mol. The summed E-state index contributed by atoms with van der Waals surface area (Å²) in [5.41, 5.74) is 1.22. The highest BCUT2D eigenvalue weighted by Gasteiger charge is 2.23. The Kier molecular flexibility index (Phi) is 2.97. The van der Waals surface area contributed by atoms with Gasteiger partial charge in [0.1, 0.15) is 5.01 Å². The monoisotopic (exact) mass is 286 g/mol. The number of fused-ring (bicyclic) bond motifs is 1. The Morgan fingerprint density at radius 2 is 2.15 bits per heavy atom. The first kappa shape index (κ1) is 12.0. The molecule has 0 unspecified atom stereocenters. The second kappa shape index (κ2) is 4.96. The van der Waals surface area contributed by atoms with Crippen LogP contribution in [0, 0.1) is 0 Å². The van der Waals surface area contributed by atoms with Crippen molar-refractivity contribution in [2.45, 2.75) is 18.8 Å². The molecular formula is C14H14N4OS. The van der Waals surface area contributed by atoms with E-state index < -0.39 is 0 Å². The van der Waals surface area contributed by atoms with Crippen LogP contribution in [0.25, 0.3) is 4.96 Å². The Balaban J connectivity index is 1.66. The van der Waals surface area contributed by atoms with Crippen LogP contribution in [0.3, 0.4) is 0 Å². The van der Waals surface area contributed by atoms with Gasteiger partial charge < -0.3 is 4.74 Å². The first-order valence-electron chi connectivity index (χ1n) is 6.73. The third kappa shape index (κ3) is 2.10. The fraction of sp³-hybridized carbons (Fsp3) is 0.357. The Bertz CT molecular complexity index is 715. The fourth-order valence-corrected chi connectivity index (χ4v) is 3.43. The van der Waals surface area contributed by atoms with Crippen LogP contribution in [0.5, 0.6) is 0 Å². The maximum Gasteiger partial charge on any atom is 0.234 e. The van der Waals surface area contributed by atoms with Gasteiger partial charge in [-0.2, -0.15) is 9.61 Å². The molecule has 0 aliphatic carbocycles. The molecule has 1 aliphatic rings. The van der Waals surface area contributed by atoms with E-state index in [4.69, 9.17) is 4.74 Å². The molecule has 0 saturated carbocycles. The molecule has 0 spiro atoms. The molecule has 1 aromatic carbocycles. The largest absolute Gasteiger partial charge is 0.381 e. The molecule has 3 heterocycles. The van der Waals surface area contributed by atoms with Crippen molar-refractivity contribution in [1.82, 2.24) is 19.8 Å². The average molecular weight is 286 g/mol. The van der Waals surface area contributed by atoms with Crippen LogP contribution < -0.4 is 0 Å². The number of ether oxygens (including phenoxy) is 1. The lowest BCUT2D eigenvalue weighted by Gasteiger charge is -2.00.